The van der Waals surface area contributed by atoms with E-state index in [0.717, 1.165) is 24.2 Å². The average Bonchev–Trinajstić information content (AvgIpc) is 2.22. The molecule has 78 valence electrons. The Hall–Kier alpha value is -1.35. The molecule has 0 saturated heterocycles. The molecular formula is C11H11ClN2O. The van der Waals surface area contributed by atoms with Gasteiger partial charge in [0.05, 0.1) is 16.9 Å². The fourth-order valence-corrected chi connectivity index (χ4v) is 1.69. The molecule has 15 heavy (non-hydrogen) atoms. The highest BCUT2D eigenvalue weighted by atomic mass is 35.5. The molecule has 0 atom stereocenters. The van der Waals surface area contributed by atoms with Crippen molar-refractivity contribution in [2.24, 2.45) is 0 Å². The predicted molar refractivity (Wildman–Crippen MR) is 59.8 cm³/mol. The Labute approximate surface area is 93.2 Å². The maximum Gasteiger partial charge on any atom is 0.157 e. The summed E-state index contributed by atoms with van der Waals surface area (Å²) >= 11 is 5.97. The number of ketones is 1. The molecule has 3 nitrogen and oxygen atoms in total. The Morgan fingerprint density at radius 3 is 3.00 bits per heavy atom. The molecular weight excluding hydrogens is 212 g/mol. The van der Waals surface area contributed by atoms with Crippen LogP contribution in [0.2, 0.25) is 5.02 Å². The van der Waals surface area contributed by atoms with Crippen molar-refractivity contribution in [3.8, 4) is 0 Å². The van der Waals surface area contributed by atoms with E-state index in [0.29, 0.717) is 11.4 Å². The van der Waals surface area contributed by atoms with Crippen molar-refractivity contribution in [2.75, 3.05) is 5.32 Å². The van der Waals surface area contributed by atoms with Gasteiger partial charge in [0.1, 0.15) is 0 Å². The largest absolute Gasteiger partial charge is 0.356 e. The second-order valence-corrected chi connectivity index (χ2v) is 3.88. The Morgan fingerprint density at radius 2 is 2.27 bits per heavy atom. The summed E-state index contributed by atoms with van der Waals surface area (Å²) in [6.45, 7) is 0. The minimum Gasteiger partial charge on any atom is -0.356 e. The molecule has 1 aliphatic carbocycles. The molecule has 1 aliphatic rings. The first-order valence-corrected chi connectivity index (χ1v) is 5.23. The topological polar surface area (TPSA) is 42.0 Å². The zero-order valence-corrected chi connectivity index (χ0v) is 8.92. The fraction of sp³-hybridized carbons (Fsp3) is 0.273. The molecule has 2 rings (SSSR count). The van der Waals surface area contributed by atoms with E-state index in [1.165, 1.54) is 0 Å². The average molecular weight is 223 g/mol. The van der Waals surface area contributed by atoms with E-state index in [9.17, 15) is 4.79 Å². The molecule has 0 unspecified atom stereocenters. The van der Waals surface area contributed by atoms with Gasteiger partial charge < -0.3 is 5.32 Å². The predicted octanol–water partition coefficient (Wildman–Crippen LogP) is 2.78. The van der Waals surface area contributed by atoms with Gasteiger partial charge in [0, 0.05) is 24.4 Å². The molecule has 1 N–H and O–H groups in total. The molecule has 1 aromatic rings. The van der Waals surface area contributed by atoms with Crippen LogP contribution in [0.4, 0.5) is 5.69 Å². The third kappa shape index (κ3) is 2.57. The molecule has 4 heteroatoms. The number of aromatic nitrogens is 1. The van der Waals surface area contributed by atoms with Crippen LogP contribution in [0, 0.1) is 0 Å². The van der Waals surface area contributed by atoms with Gasteiger partial charge >= 0.3 is 0 Å². The standard InChI is InChI=1S/C11H11ClN2O/c12-10-4-5-13-7-11(10)14-8-2-1-3-9(15)6-8/h4-7,14H,1-3H2. The normalized spacial score (nSPS) is 16.1. The van der Waals surface area contributed by atoms with Crippen molar-refractivity contribution in [1.29, 1.82) is 0 Å². The van der Waals surface area contributed by atoms with Gasteiger partial charge in [-0.05, 0) is 18.9 Å². The number of nitrogens with zero attached hydrogens (tertiary/aromatic N) is 1. The lowest BCUT2D eigenvalue weighted by Crippen LogP contribution is -2.09. The summed E-state index contributed by atoms with van der Waals surface area (Å²) in [4.78, 5) is 15.2. The van der Waals surface area contributed by atoms with E-state index >= 15 is 0 Å². The maximum absolute atomic E-state index is 11.2. The van der Waals surface area contributed by atoms with Crippen molar-refractivity contribution < 1.29 is 4.79 Å². The summed E-state index contributed by atoms with van der Waals surface area (Å²) in [6.07, 6.45) is 7.36. The third-order valence-corrected chi connectivity index (χ3v) is 2.60. The molecule has 0 aromatic carbocycles. The van der Waals surface area contributed by atoms with Crippen molar-refractivity contribution in [2.45, 2.75) is 19.3 Å². The highest BCUT2D eigenvalue weighted by Crippen LogP contribution is 2.23. The smallest absolute Gasteiger partial charge is 0.157 e. The van der Waals surface area contributed by atoms with Gasteiger partial charge in [0.25, 0.3) is 0 Å². The number of halogens is 1. The molecule has 1 heterocycles. The second-order valence-electron chi connectivity index (χ2n) is 3.47. The van der Waals surface area contributed by atoms with Gasteiger partial charge in [-0.2, -0.15) is 0 Å². The molecule has 1 aromatic heterocycles. The number of hydrogen-bond acceptors (Lipinski definition) is 3. The molecule has 0 aliphatic heterocycles. The molecule has 0 spiro atoms. The van der Waals surface area contributed by atoms with Crippen LogP contribution in [0.15, 0.2) is 30.2 Å². The minimum absolute atomic E-state index is 0.170. The molecule has 0 fully saturated rings. The van der Waals surface area contributed by atoms with Gasteiger partial charge in [-0.3, -0.25) is 9.78 Å². The molecule has 0 radical (unpaired) electrons. The van der Waals surface area contributed by atoms with Crippen LogP contribution in [-0.4, -0.2) is 10.8 Å². The zero-order chi connectivity index (χ0) is 10.7. The number of nitrogens with one attached hydrogen (secondary N) is 1. The van der Waals surface area contributed by atoms with Crippen molar-refractivity contribution >= 4 is 23.1 Å². The van der Waals surface area contributed by atoms with Crippen LogP contribution in [0.1, 0.15) is 19.3 Å². The highest BCUT2D eigenvalue weighted by molar-refractivity contribution is 6.33. The highest BCUT2D eigenvalue weighted by Gasteiger charge is 2.10. The van der Waals surface area contributed by atoms with Crippen LogP contribution in [0.5, 0.6) is 0 Å². The van der Waals surface area contributed by atoms with E-state index in [2.05, 4.69) is 10.3 Å². The van der Waals surface area contributed by atoms with E-state index in [4.69, 9.17) is 11.6 Å². The lowest BCUT2D eigenvalue weighted by Gasteiger charge is -2.14. The van der Waals surface area contributed by atoms with E-state index in [1.54, 1.807) is 24.5 Å². The first-order chi connectivity index (χ1) is 7.25. The Kier molecular flexibility index (Phi) is 3.02. The van der Waals surface area contributed by atoms with E-state index in [1.807, 2.05) is 0 Å². The summed E-state index contributed by atoms with van der Waals surface area (Å²) in [5, 5.41) is 3.74. The van der Waals surface area contributed by atoms with E-state index in [-0.39, 0.29) is 5.78 Å². The fourth-order valence-electron chi connectivity index (χ4n) is 1.53. The van der Waals surface area contributed by atoms with Gasteiger partial charge in [0.15, 0.2) is 5.78 Å². The summed E-state index contributed by atoms with van der Waals surface area (Å²) < 4.78 is 0. The lowest BCUT2D eigenvalue weighted by atomic mass is 10.0. The van der Waals surface area contributed by atoms with Gasteiger partial charge in [-0.1, -0.05) is 11.6 Å². The molecule has 0 amide bonds. The van der Waals surface area contributed by atoms with Crippen LogP contribution in [0.25, 0.3) is 0 Å². The van der Waals surface area contributed by atoms with Crippen molar-refractivity contribution in [3.63, 3.8) is 0 Å². The number of rotatable bonds is 2. The maximum atomic E-state index is 11.2. The monoisotopic (exact) mass is 222 g/mol. The molecule has 0 saturated carbocycles. The van der Waals surface area contributed by atoms with Crippen LogP contribution < -0.4 is 5.32 Å². The zero-order valence-electron chi connectivity index (χ0n) is 8.16. The van der Waals surface area contributed by atoms with Gasteiger partial charge in [-0.25, -0.2) is 0 Å². The third-order valence-electron chi connectivity index (χ3n) is 2.27. The SMILES string of the molecule is O=C1C=C(Nc2cnccc2Cl)CCC1. The summed E-state index contributed by atoms with van der Waals surface area (Å²) in [5.41, 5.74) is 1.67. The number of hydrogen-bond donors (Lipinski definition) is 1. The van der Waals surface area contributed by atoms with Crippen molar-refractivity contribution in [1.82, 2.24) is 4.98 Å². The quantitative estimate of drug-likeness (QED) is 0.837. The summed E-state index contributed by atoms with van der Waals surface area (Å²) in [5.74, 6) is 0.170. The Balaban J connectivity index is 2.15. The van der Waals surface area contributed by atoms with Gasteiger partial charge in [-0.15, -0.1) is 0 Å². The van der Waals surface area contributed by atoms with Crippen molar-refractivity contribution in [3.05, 3.63) is 35.3 Å². The first kappa shape index (κ1) is 10.2. The number of carbonyl (C=O) groups is 1. The van der Waals surface area contributed by atoms with Crippen LogP contribution >= 0.6 is 11.6 Å². The summed E-state index contributed by atoms with van der Waals surface area (Å²) in [7, 11) is 0. The van der Waals surface area contributed by atoms with Crippen LogP contribution in [0.3, 0.4) is 0 Å². The minimum atomic E-state index is 0.170. The Morgan fingerprint density at radius 1 is 1.40 bits per heavy atom. The number of allylic oxidation sites excluding steroid dienone is 2. The number of pyridine rings is 1. The Bertz CT molecular complexity index is 415. The van der Waals surface area contributed by atoms with E-state index < -0.39 is 0 Å². The lowest BCUT2D eigenvalue weighted by molar-refractivity contribution is -0.115. The van der Waals surface area contributed by atoms with Crippen LogP contribution in [-0.2, 0) is 4.79 Å². The van der Waals surface area contributed by atoms with Gasteiger partial charge in [0.2, 0.25) is 0 Å². The number of carbonyl (C=O) groups excluding carboxylic acids is 1. The second kappa shape index (κ2) is 4.45. The first-order valence-electron chi connectivity index (χ1n) is 4.85. The number of anilines is 1. The summed E-state index contributed by atoms with van der Waals surface area (Å²) in [6, 6.07) is 1.72. The molecule has 0 bridgehead atoms.